The second kappa shape index (κ2) is 6.12. The lowest BCUT2D eigenvalue weighted by molar-refractivity contribution is 0.152. The van der Waals surface area contributed by atoms with Crippen LogP contribution in [0.4, 0.5) is 4.79 Å². The van der Waals surface area contributed by atoms with Crippen molar-refractivity contribution >= 4 is 28.7 Å². The third-order valence-corrected chi connectivity index (χ3v) is 3.48. The van der Waals surface area contributed by atoms with E-state index >= 15 is 0 Å². The van der Waals surface area contributed by atoms with E-state index in [9.17, 15) is 4.79 Å². The minimum absolute atomic E-state index is 0.274. The van der Waals surface area contributed by atoms with Crippen molar-refractivity contribution in [2.75, 3.05) is 19.9 Å². The van der Waals surface area contributed by atoms with Crippen molar-refractivity contribution in [3.8, 4) is 11.5 Å². The Morgan fingerprint density at radius 2 is 2.17 bits per heavy atom. The van der Waals surface area contributed by atoms with Gasteiger partial charge in [0.25, 0.3) is 0 Å². The quantitative estimate of drug-likeness (QED) is 0.835. The van der Waals surface area contributed by atoms with Crippen molar-refractivity contribution in [3.05, 3.63) is 21.3 Å². The molecule has 0 radical (unpaired) electrons. The summed E-state index contributed by atoms with van der Waals surface area (Å²) < 4.78 is 16.5. The number of hydrogen-bond acceptors (Lipinski definition) is 4. The van der Waals surface area contributed by atoms with E-state index in [0.29, 0.717) is 13.2 Å². The van der Waals surface area contributed by atoms with Crippen LogP contribution in [0.5, 0.6) is 11.5 Å². The van der Waals surface area contributed by atoms with Gasteiger partial charge in [0.2, 0.25) is 6.79 Å². The minimum atomic E-state index is -0.381. The molecule has 0 saturated carbocycles. The molecule has 6 heteroatoms. The zero-order valence-electron chi connectivity index (χ0n) is 9.99. The number of fused-ring (bicyclic) bond motifs is 1. The second-order valence-corrected chi connectivity index (χ2v) is 4.86. The molecule has 1 amide bonds. The van der Waals surface area contributed by atoms with Gasteiger partial charge in [0.1, 0.15) is 0 Å². The summed E-state index contributed by atoms with van der Waals surface area (Å²) in [5.41, 5.74) is 1.12. The van der Waals surface area contributed by atoms with Crippen LogP contribution in [0.2, 0.25) is 0 Å². The molecule has 1 heterocycles. The monoisotopic (exact) mass is 363 g/mol. The fourth-order valence-corrected chi connectivity index (χ4v) is 2.34. The zero-order valence-corrected chi connectivity index (χ0v) is 12.2. The Morgan fingerprint density at radius 1 is 1.44 bits per heavy atom. The molecule has 0 aromatic heterocycles. The van der Waals surface area contributed by atoms with E-state index < -0.39 is 0 Å². The fraction of sp³-hybridized carbons (Fsp3) is 0.417. The van der Waals surface area contributed by atoms with Gasteiger partial charge in [-0.15, -0.1) is 0 Å². The van der Waals surface area contributed by atoms with Crippen molar-refractivity contribution < 1.29 is 19.0 Å². The SMILES string of the molecule is CCOC(=O)NCCc1cc2c(cc1I)OCO2. The number of amides is 1. The van der Waals surface area contributed by atoms with Gasteiger partial charge in [-0.2, -0.15) is 0 Å². The molecule has 5 nitrogen and oxygen atoms in total. The summed E-state index contributed by atoms with van der Waals surface area (Å²) in [4.78, 5) is 11.1. The van der Waals surface area contributed by atoms with Crippen molar-refractivity contribution in [2.45, 2.75) is 13.3 Å². The number of hydrogen-bond donors (Lipinski definition) is 1. The first-order chi connectivity index (χ1) is 8.70. The molecule has 1 aliphatic heterocycles. The topological polar surface area (TPSA) is 56.8 Å². The lowest BCUT2D eigenvalue weighted by Gasteiger charge is -2.08. The molecule has 0 aliphatic carbocycles. The fourth-order valence-electron chi connectivity index (χ4n) is 1.63. The summed E-state index contributed by atoms with van der Waals surface area (Å²) >= 11 is 2.25. The average Bonchev–Trinajstić information content (AvgIpc) is 2.76. The number of ether oxygens (including phenoxy) is 3. The van der Waals surface area contributed by atoms with Crippen LogP contribution in [0.15, 0.2) is 12.1 Å². The first-order valence-corrected chi connectivity index (χ1v) is 6.77. The van der Waals surface area contributed by atoms with Gasteiger partial charge in [0, 0.05) is 10.1 Å². The highest BCUT2D eigenvalue weighted by Crippen LogP contribution is 2.35. The Kier molecular flexibility index (Phi) is 4.51. The number of nitrogens with one attached hydrogen (secondary N) is 1. The third-order valence-electron chi connectivity index (χ3n) is 2.48. The Bertz CT molecular complexity index is 450. The van der Waals surface area contributed by atoms with Gasteiger partial charge in [0.05, 0.1) is 6.61 Å². The highest BCUT2D eigenvalue weighted by molar-refractivity contribution is 14.1. The minimum Gasteiger partial charge on any atom is -0.454 e. The van der Waals surface area contributed by atoms with Gasteiger partial charge in [-0.3, -0.25) is 0 Å². The molecule has 1 aromatic carbocycles. The van der Waals surface area contributed by atoms with Crippen LogP contribution in [-0.2, 0) is 11.2 Å². The number of rotatable bonds is 4. The Labute approximate surface area is 119 Å². The summed E-state index contributed by atoms with van der Waals surface area (Å²) in [5, 5.41) is 2.69. The molecule has 1 N–H and O–H groups in total. The maximum atomic E-state index is 11.1. The molecule has 0 fully saturated rings. The summed E-state index contributed by atoms with van der Waals surface area (Å²) in [6.45, 7) is 2.97. The third kappa shape index (κ3) is 3.18. The van der Waals surface area contributed by atoms with Gasteiger partial charge in [-0.1, -0.05) is 0 Å². The average molecular weight is 363 g/mol. The van der Waals surface area contributed by atoms with Crippen LogP contribution in [-0.4, -0.2) is 26.0 Å². The van der Waals surface area contributed by atoms with E-state index in [1.54, 1.807) is 6.92 Å². The molecular formula is C12H14INO4. The zero-order chi connectivity index (χ0) is 13.0. The van der Waals surface area contributed by atoms with Gasteiger partial charge < -0.3 is 19.5 Å². The molecule has 0 unspecified atom stereocenters. The summed E-state index contributed by atoms with van der Waals surface area (Å²) in [6.07, 6.45) is 0.349. The largest absolute Gasteiger partial charge is 0.454 e. The lowest BCUT2D eigenvalue weighted by atomic mass is 10.1. The lowest BCUT2D eigenvalue weighted by Crippen LogP contribution is -2.26. The molecule has 18 heavy (non-hydrogen) atoms. The van der Waals surface area contributed by atoms with Crippen LogP contribution in [0.3, 0.4) is 0 Å². The number of halogens is 1. The Balaban J connectivity index is 1.92. The second-order valence-electron chi connectivity index (χ2n) is 3.69. The highest BCUT2D eigenvalue weighted by atomic mass is 127. The van der Waals surface area contributed by atoms with Crippen LogP contribution in [0, 0.1) is 3.57 Å². The molecule has 1 aromatic rings. The van der Waals surface area contributed by atoms with Gasteiger partial charge in [0.15, 0.2) is 11.5 Å². The van der Waals surface area contributed by atoms with Crippen LogP contribution in [0.25, 0.3) is 0 Å². The molecular weight excluding hydrogens is 349 g/mol. The Morgan fingerprint density at radius 3 is 2.89 bits per heavy atom. The number of alkyl carbamates (subject to hydrolysis) is 1. The summed E-state index contributed by atoms with van der Waals surface area (Å²) in [7, 11) is 0. The molecule has 0 bridgehead atoms. The maximum Gasteiger partial charge on any atom is 0.407 e. The van der Waals surface area contributed by atoms with Crippen molar-refractivity contribution in [2.24, 2.45) is 0 Å². The molecule has 98 valence electrons. The van der Waals surface area contributed by atoms with Gasteiger partial charge in [-0.05, 0) is 53.6 Å². The number of carbonyl (C=O) groups excluding carboxylic acids is 1. The molecule has 0 atom stereocenters. The molecule has 2 rings (SSSR count). The first-order valence-electron chi connectivity index (χ1n) is 5.69. The number of benzene rings is 1. The van der Waals surface area contributed by atoms with Crippen molar-refractivity contribution in [3.63, 3.8) is 0 Å². The normalized spacial score (nSPS) is 12.3. The van der Waals surface area contributed by atoms with Crippen LogP contribution >= 0.6 is 22.6 Å². The van der Waals surface area contributed by atoms with E-state index in [0.717, 1.165) is 27.1 Å². The van der Waals surface area contributed by atoms with Crippen LogP contribution in [0.1, 0.15) is 12.5 Å². The molecule has 1 aliphatic rings. The van der Waals surface area contributed by atoms with Gasteiger partial charge in [-0.25, -0.2) is 4.79 Å². The van der Waals surface area contributed by atoms with Gasteiger partial charge >= 0.3 is 6.09 Å². The highest BCUT2D eigenvalue weighted by Gasteiger charge is 2.16. The smallest absolute Gasteiger partial charge is 0.407 e. The van der Waals surface area contributed by atoms with E-state index in [4.69, 9.17) is 14.2 Å². The Hall–Kier alpha value is -1.18. The number of carbonyl (C=O) groups is 1. The first kappa shape index (κ1) is 13.3. The van der Waals surface area contributed by atoms with E-state index in [1.807, 2.05) is 12.1 Å². The maximum absolute atomic E-state index is 11.1. The van der Waals surface area contributed by atoms with E-state index in [-0.39, 0.29) is 12.9 Å². The van der Waals surface area contributed by atoms with Crippen molar-refractivity contribution in [1.82, 2.24) is 5.32 Å². The van der Waals surface area contributed by atoms with Crippen molar-refractivity contribution in [1.29, 1.82) is 0 Å². The summed E-state index contributed by atoms with van der Waals surface area (Å²) in [6, 6.07) is 3.90. The summed E-state index contributed by atoms with van der Waals surface area (Å²) in [5.74, 6) is 1.54. The van der Waals surface area contributed by atoms with E-state index in [2.05, 4.69) is 27.9 Å². The standard InChI is InChI=1S/C12H14INO4/c1-2-16-12(15)14-4-3-8-5-10-11(6-9(8)13)18-7-17-10/h5-6H,2-4,7H2,1H3,(H,14,15). The van der Waals surface area contributed by atoms with Crippen LogP contribution < -0.4 is 14.8 Å². The predicted molar refractivity (Wildman–Crippen MR) is 74.0 cm³/mol. The predicted octanol–water partition coefficient (Wildman–Crippen LogP) is 2.31. The van der Waals surface area contributed by atoms with E-state index in [1.165, 1.54) is 0 Å². The molecule has 0 spiro atoms. The molecule has 0 saturated heterocycles.